The molecule has 98 valence electrons. The van der Waals surface area contributed by atoms with Gasteiger partial charge < -0.3 is 15.2 Å². The molecule has 2 rings (SSSR count). The monoisotopic (exact) mass is 248 g/mol. The normalized spacial score (nSPS) is 16.2. The summed E-state index contributed by atoms with van der Waals surface area (Å²) in [6.45, 7) is 3.58. The highest BCUT2D eigenvalue weighted by Crippen LogP contribution is 2.08. The fourth-order valence-electron chi connectivity index (χ4n) is 1.97. The number of nitrogens with one attached hydrogen (secondary N) is 2. The van der Waals surface area contributed by atoms with Crippen molar-refractivity contribution in [3.05, 3.63) is 24.3 Å². The molecule has 0 radical (unpaired) electrons. The van der Waals surface area contributed by atoms with Gasteiger partial charge in [-0.15, -0.1) is 10.2 Å². The summed E-state index contributed by atoms with van der Waals surface area (Å²) in [5.74, 6) is 1.74. The first-order valence-electron chi connectivity index (χ1n) is 6.32. The van der Waals surface area contributed by atoms with Crippen LogP contribution in [0.3, 0.4) is 0 Å². The van der Waals surface area contributed by atoms with Crippen LogP contribution >= 0.6 is 0 Å². The largest absolute Gasteiger partial charge is 0.353 e. The molecule has 0 spiro atoms. The molecule has 0 unspecified atom stereocenters. The molecule has 1 heterocycles. The van der Waals surface area contributed by atoms with Crippen molar-refractivity contribution in [2.75, 3.05) is 7.05 Å². The molecule has 0 atom stereocenters. The molecule has 1 aliphatic rings. The summed E-state index contributed by atoms with van der Waals surface area (Å²) in [6.07, 6.45) is 8.25. The third-order valence-corrected chi connectivity index (χ3v) is 3.02. The fourth-order valence-corrected chi connectivity index (χ4v) is 1.97. The van der Waals surface area contributed by atoms with Crippen LogP contribution in [-0.2, 0) is 13.1 Å². The minimum atomic E-state index is 0.459. The number of rotatable bonds is 4. The molecule has 0 bridgehead atoms. The van der Waals surface area contributed by atoms with Gasteiger partial charge in [-0.25, -0.2) is 0 Å². The van der Waals surface area contributed by atoms with Crippen LogP contribution in [0.2, 0.25) is 0 Å². The van der Waals surface area contributed by atoms with Gasteiger partial charge in [-0.1, -0.05) is 12.2 Å². The van der Waals surface area contributed by atoms with Crippen LogP contribution in [0, 0.1) is 0 Å². The van der Waals surface area contributed by atoms with Gasteiger partial charge in [0, 0.05) is 19.6 Å². The van der Waals surface area contributed by atoms with E-state index < -0.39 is 0 Å². The molecule has 18 heavy (non-hydrogen) atoms. The Morgan fingerprint density at radius 1 is 1.50 bits per heavy atom. The Morgan fingerprint density at radius 3 is 2.94 bits per heavy atom. The van der Waals surface area contributed by atoms with Gasteiger partial charge in [0.1, 0.15) is 6.33 Å². The summed E-state index contributed by atoms with van der Waals surface area (Å²) in [6, 6.07) is 0.459. The summed E-state index contributed by atoms with van der Waals surface area (Å²) in [7, 11) is 1.78. The van der Waals surface area contributed by atoms with Crippen molar-refractivity contribution in [2.24, 2.45) is 4.99 Å². The van der Waals surface area contributed by atoms with Gasteiger partial charge in [0.15, 0.2) is 11.8 Å². The van der Waals surface area contributed by atoms with E-state index in [1.54, 1.807) is 13.4 Å². The predicted octanol–water partition coefficient (Wildman–Crippen LogP) is 0.682. The zero-order valence-corrected chi connectivity index (χ0v) is 10.9. The van der Waals surface area contributed by atoms with Gasteiger partial charge in [0.25, 0.3) is 0 Å². The molecule has 0 aliphatic heterocycles. The van der Waals surface area contributed by atoms with E-state index in [0.29, 0.717) is 12.6 Å². The molecule has 6 nitrogen and oxygen atoms in total. The van der Waals surface area contributed by atoms with E-state index >= 15 is 0 Å². The van der Waals surface area contributed by atoms with Gasteiger partial charge in [0.05, 0.1) is 6.54 Å². The minimum Gasteiger partial charge on any atom is -0.353 e. The molecule has 1 aliphatic carbocycles. The smallest absolute Gasteiger partial charge is 0.191 e. The lowest BCUT2D eigenvalue weighted by atomic mass is 10.2. The molecule has 1 aromatic rings. The van der Waals surface area contributed by atoms with E-state index in [9.17, 15) is 0 Å². The van der Waals surface area contributed by atoms with Crippen LogP contribution in [-0.4, -0.2) is 33.8 Å². The molecule has 0 fully saturated rings. The SMILES string of the molecule is CCn1cnnc1CNC(=NC)NC1CC=CC1. The molecule has 0 saturated carbocycles. The lowest BCUT2D eigenvalue weighted by molar-refractivity contribution is 0.620. The highest BCUT2D eigenvalue weighted by molar-refractivity contribution is 5.79. The zero-order chi connectivity index (χ0) is 12.8. The highest BCUT2D eigenvalue weighted by atomic mass is 15.3. The summed E-state index contributed by atoms with van der Waals surface area (Å²) in [5.41, 5.74) is 0. The summed E-state index contributed by atoms with van der Waals surface area (Å²) in [5, 5.41) is 14.6. The molecular formula is C12H20N6. The van der Waals surface area contributed by atoms with E-state index in [-0.39, 0.29) is 0 Å². The van der Waals surface area contributed by atoms with E-state index in [0.717, 1.165) is 31.2 Å². The lowest BCUT2D eigenvalue weighted by Gasteiger charge is -2.16. The van der Waals surface area contributed by atoms with Crippen LogP contribution in [0.1, 0.15) is 25.6 Å². The van der Waals surface area contributed by atoms with Crippen LogP contribution in [0.25, 0.3) is 0 Å². The van der Waals surface area contributed by atoms with Gasteiger partial charge in [-0.05, 0) is 19.8 Å². The quantitative estimate of drug-likeness (QED) is 0.467. The Bertz CT molecular complexity index is 426. The third kappa shape index (κ3) is 3.09. The number of aryl methyl sites for hydroxylation is 1. The second-order valence-electron chi connectivity index (χ2n) is 4.24. The second-order valence-corrected chi connectivity index (χ2v) is 4.24. The minimum absolute atomic E-state index is 0.459. The first-order valence-corrected chi connectivity index (χ1v) is 6.32. The Hall–Kier alpha value is -1.85. The van der Waals surface area contributed by atoms with E-state index in [4.69, 9.17) is 0 Å². The topological polar surface area (TPSA) is 67.1 Å². The Kier molecular flexibility index (Phi) is 4.33. The van der Waals surface area contributed by atoms with Crippen LogP contribution in [0.4, 0.5) is 0 Å². The Morgan fingerprint density at radius 2 is 2.28 bits per heavy atom. The first-order chi connectivity index (χ1) is 8.83. The number of hydrogen-bond acceptors (Lipinski definition) is 3. The average Bonchev–Trinajstić information content (AvgIpc) is 3.05. The number of guanidine groups is 1. The Balaban J connectivity index is 1.83. The summed E-state index contributed by atoms with van der Waals surface area (Å²) >= 11 is 0. The van der Waals surface area contributed by atoms with Crippen molar-refractivity contribution in [2.45, 2.75) is 38.9 Å². The van der Waals surface area contributed by atoms with Crippen molar-refractivity contribution in [1.29, 1.82) is 0 Å². The van der Waals surface area contributed by atoms with Crippen molar-refractivity contribution < 1.29 is 0 Å². The maximum Gasteiger partial charge on any atom is 0.191 e. The number of hydrogen-bond donors (Lipinski definition) is 2. The van der Waals surface area contributed by atoms with Crippen LogP contribution in [0.15, 0.2) is 23.5 Å². The van der Waals surface area contributed by atoms with E-state index in [1.165, 1.54) is 0 Å². The number of aromatic nitrogens is 3. The molecule has 6 heteroatoms. The second kappa shape index (κ2) is 6.18. The Labute approximate surface area is 107 Å². The molecule has 0 amide bonds. The van der Waals surface area contributed by atoms with Gasteiger partial charge >= 0.3 is 0 Å². The highest BCUT2D eigenvalue weighted by Gasteiger charge is 2.12. The standard InChI is InChI=1S/C12H20N6/c1-3-18-9-15-17-11(18)8-14-12(13-2)16-10-6-4-5-7-10/h4-5,9-10H,3,6-8H2,1-2H3,(H2,13,14,16). The third-order valence-electron chi connectivity index (χ3n) is 3.02. The van der Waals surface area contributed by atoms with Gasteiger partial charge in [-0.3, -0.25) is 4.99 Å². The maximum atomic E-state index is 4.22. The van der Waals surface area contributed by atoms with Crippen molar-refractivity contribution in [3.8, 4) is 0 Å². The summed E-state index contributed by atoms with van der Waals surface area (Å²) < 4.78 is 2.01. The predicted molar refractivity (Wildman–Crippen MR) is 71.2 cm³/mol. The van der Waals surface area contributed by atoms with Gasteiger partial charge in [-0.2, -0.15) is 0 Å². The van der Waals surface area contributed by atoms with Crippen LogP contribution in [0.5, 0.6) is 0 Å². The molecular weight excluding hydrogens is 228 g/mol. The first kappa shape index (κ1) is 12.6. The van der Waals surface area contributed by atoms with E-state index in [2.05, 4.69) is 44.9 Å². The fraction of sp³-hybridized carbons (Fsp3) is 0.583. The molecule has 1 aromatic heterocycles. The average molecular weight is 248 g/mol. The molecule has 2 N–H and O–H groups in total. The lowest BCUT2D eigenvalue weighted by Crippen LogP contribution is -2.42. The number of aliphatic imine (C=N–C) groups is 1. The van der Waals surface area contributed by atoms with E-state index in [1.807, 2.05) is 4.57 Å². The van der Waals surface area contributed by atoms with Gasteiger partial charge in [0.2, 0.25) is 0 Å². The number of nitrogens with zero attached hydrogens (tertiary/aromatic N) is 4. The van der Waals surface area contributed by atoms with Crippen molar-refractivity contribution >= 4 is 5.96 Å². The van der Waals surface area contributed by atoms with Crippen molar-refractivity contribution in [1.82, 2.24) is 25.4 Å². The molecule has 0 aromatic carbocycles. The van der Waals surface area contributed by atoms with Crippen LogP contribution < -0.4 is 10.6 Å². The molecule has 0 saturated heterocycles. The maximum absolute atomic E-state index is 4.22. The zero-order valence-electron chi connectivity index (χ0n) is 10.9. The summed E-state index contributed by atoms with van der Waals surface area (Å²) in [4.78, 5) is 4.22. The van der Waals surface area contributed by atoms with Crippen molar-refractivity contribution in [3.63, 3.8) is 0 Å².